The number of aliphatic hydroxyl groups excluding tert-OH is 1. The number of hydrogen-bond donors (Lipinski definition) is 2. The molecule has 0 aliphatic carbocycles. The number of piperidine rings is 1. The molecule has 1 fully saturated rings. The van der Waals surface area contributed by atoms with Crippen molar-refractivity contribution >= 4 is 23.4 Å². The van der Waals surface area contributed by atoms with Gasteiger partial charge in [0.15, 0.2) is 0 Å². The Kier molecular flexibility index (Phi) is 6.36. The van der Waals surface area contributed by atoms with Gasteiger partial charge in [-0.3, -0.25) is 9.59 Å². The molecule has 1 heterocycles. The van der Waals surface area contributed by atoms with Crippen LogP contribution in [0.4, 0.5) is 4.39 Å². The van der Waals surface area contributed by atoms with Crippen LogP contribution in [-0.2, 0) is 4.79 Å². The SMILES string of the molecule is O=C(NCCC(=O)N1CCCC(CO)C1)c1ccc(F)cc1Cl. The summed E-state index contributed by atoms with van der Waals surface area (Å²) in [7, 11) is 0. The first kappa shape index (κ1) is 17.7. The number of carbonyl (C=O) groups is 2. The van der Waals surface area contributed by atoms with Crippen LogP contribution in [0.2, 0.25) is 5.02 Å². The lowest BCUT2D eigenvalue weighted by Gasteiger charge is -2.32. The second-order valence-electron chi connectivity index (χ2n) is 5.66. The van der Waals surface area contributed by atoms with E-state index in [2.05, 4.69) is 5.32 Å². The van der Waals surface area contributed by atoms with Gasteiger partial charge in [0.1, 0.15) is 5.82 Å². The molecule has 0 aromatic heterocycles. The molecule has 1 aliphatic rings. The maximum Gasteiger partial charge on any atom is 0.252 e. The van der Waals surface area contributed by atoms with Crippen molar-refractivity contribution in [1.82, 2.24) is 10.2 Å². The maximum absolute atomic E-state index is 13.0. The topological polar surface area (TPSA) is 69.6 Å². The Hall–Kier alpha value is -1.66. The van der Waals surface area contributed by atoms with E-state index >= 15 is 0 Å². The molecule has 0 spiro atoms. The smallest absolute Gasteiger partial charge is 0.252 e. The molecule has 23 heavy (non-hydrogen) atoms. The average Bonchev–Trinajstić information content (AvgIpc) is 2.54. The number of aliphatic hydroxyl groups is 1. The number of carbonyl (C=O) groups excluding carboxylic acids is 2. The summed E-state index contributed by atoms with van der Waals surface area (Å²) in [5, 5.41) is 11.8. The summed E-state index contributed by atoms with van der Waals surface area (Å²) in [4.78, 5) is 25.8. The fourth-order valence-electron chi connectivity index (χ4n) is 2.65. The molecule has 0 saturated carbocycles. The highest BCUT2D eigenvalue weighted by atomic mass is 35.5. The molecular formula is C16H20ClFN2O3. The Balaban J connectivity index is 1.80. The summed E-state index contributed by atoms with van der Waals surface area (Å²) in [5.41, 5.74) is 0.179. The maximum atomic E-state index is 13.0. The van der Waals surface area contributed by atoms with E-state index in [4.69, 9.17) is 11.6 Å². The fraction of sp³-hybridized carbons (Fsp3) is 0.500. The number of nitrogens with one attached hydrogen (secondary N) is 1. The summed E-state index contributed by atoms with van der Waals surface area (Å²) >= 11 is 5.82. The second kappa shape index (κ2) is 8.26. The van der Waals surface area contributed by atoms with Crippen LogP contribution in [0.1, 0.15) is 29.6 Å². The predicted molar refractivity (Wildman–Crippen MR) is 84.8 cm³/mol. The van der Waals surface area contributed by atoms with Crippen molar-refractivity contribution in [1.29, 1.82) is 0 Å². The normalized spacial score (nSPS) is 17.9. The Morgan fingerprint density at radius 1 is 1.43 bits per heavy atom. The van der Waals surface area contributed by atoms with Crippen molar-refractivity contribution in [2.45, 2.75) is 19.3 Å². The zero-order valence-corrected chi connectivity index (χ0v) is 13.5. The Morgan fingerprint density at radius 3 is 2.91 bits per heavy atom. The van der Waals surface area contributed by atoms with Gasteiger partial charge >= 0.3 is 0 Å². The fourth-order valence-corrected chi connectivity index (χ4v) is 2.90. The highest BCUT2D eigenvalue weighted by molar-refractivity contribution is 6.33. The van der Waals surface area contributed by atoms with Crippen LogP contribution in [0.15, 0.2) is 18.2 Å². The van der Waals surface area contributed by atoms with Crippen LogP contribution >= 0.6 is 11.6 Å². The Bertz CT molecular complexity index is 582. The van der Waals surface area contributed by atoms with E-state index < -0.39 is 11.7 Å². The molecular weight excluding hydrogens is 323 g/mol. The van der Waals surface area contributed by atoms with Crippen molar-refractivity contribution in [3.05, 3.63) is 34.6 Å². The standard InChI is InChI=1S/C16H20ClFN2O3/c17-14-8-12(18)3-4-13(14)16(23)19-6-5-15(22)20-7-1-2-11(9-20)10-21/h3-4,8,11,21H,1-2,5-7,9-10H2,(H,19,23). The second-order valence-corrected chi connectivity index (χ2v) is 6.07. The van der Waals surface area contributed by atoms with Gasteiger partial charge in [0, 0.05) is 32.7 Å². The third kappa shape index (κ3) is 4.91. The van der Waals surface area contributed by atoms with Crippen molar-refractivity contribution in [3.8, 4) is 0 Å². The van der Waals surface area contributed by atoms with Crippen LogP contribution in [0.5, 0.6) is 0 Å². The molecule has 1 unspecified atom stereocenters. The Morgan fingerprint density at radius 2 is 2.22 bits per heavy atom. The van der Waals surface area contributed by atoms with Crippen molar-refractivity contribution in [2.24, 2.45) is 5.92 Å². The minimum atomic E-state index is -0.509. The Labute approximate surface area is 139 Å². The number of amides is 2. The van der Waals surface area contributed by atoms with Crippen molar-refractivity contribution in [2.75, 3.05) is 26.2 Å². The monoisotopic (exact) mass is 342 g/mol. The van der Waals surface area contributed by atoms with E-state index in [9.17, 15) is 19.1 Å². The number of rotatable bonds is 5. The van der Waals surface area contributed by atoms with Gasteiger partial charge in [-0.1, -0.05) is 11.6 Å². The minimum absolute atomic E-state index is 0.0376. The minimum Gasteiger partial charge on any atom is -0.396 e. The van der Waals surface area contributed by atoms with Crippen LogP contribution in [0.25, 0.3) is 0 Å². The van der Waals surface area contributed by atoms with Crippen LogP contribution in [0, 0.1) is 11.7 Å². The zero-order chi connectivity index (χ0) is 16.8. The number of hydrogen-bond acceptors (Lipinski definition) is 3. The number of nitrogens with zero attached hydrogens (tertiary/aromatic N) is 1. The van der Waals surface area contributed by atoms with Gasteiger partial charge in [-0.05, 0) is 37.0 Å². The number of benzene rings is 1. The molecule has 1 aliphatic heterocycles. The molecule has 1 saturated heterocycles. The van der Waals surface area contributed by atoms with E-state index in [1.54, 1.807) is 4.90 Å². The predicted octanol–water partition coefficient (Wildman–Crippen LogP) is 1.83. The third-order valence-corrected chi connectivity index (χ3v) is 4.24. The van der Waals surface area contributed by atoms with Gasteiger partial charge in [-0.15, -0.1) is 0 Å². The third-order valence-electron chi connectivity index (χ3n) is 3.93. The average molecular weight is 343 g/mol. The van der Waals surface area contributed by atoms with E-state index in [-0.39, 0.29) is 42.0 Å². The molecule has 0 radical (unpaired) electrons. The van der Waals surface area contributed by atoms with E-state index in [1.807, 2.05) is 0 Å². The summed E-state index contributed by atoms with van der Waals surface area (Å²) < 4.78 is 13.0. The number of likely N-dealkylation sites (tertiary alicyclic amines) is 1. The quantitative estimate of drug-likeness (QED) is 0.857. The molecule has 0 bridgehead atoms. The van der Waals surface area contributed by atoms with Gasteiger partial charge in [-0.2, -0.15) is 0 Å². The molecule has 7 heteroatoms. The largest absolute Gasteiger partial charge is 0.396 e. The molecule has 1 atom stereocenters. The number of halogens is 2. The van der Waals surface area contributed by atoms with Crippen LogP contribution in [0.3, 0.4) is 0 Å². The van der Waals surface area contributed by atoms with Crippen molar-refractivity contribution in [3.63, 3.8) is 0 Å². The van der Waals surface area contributed by atoms with E-state index in [0.717, 1.165) is 25.0 Å². The molecule has 126 valence electrons. The molecule has 1 aromatic carbocycles. The lowest BCUT2D eigenvalue weighted by atomic mass is 9.99. The molecule has 5 nitrogen and oxygen atoms in total. The first-order valence-corrected chi connectivity index (χ1v) is 8.01. The zero-order valence-electron chi connectivity index (χ0n) is 12.7. The van der Waals surface area contributed by atoms with Gasteiger partial charge < -0.3 is 15.3 Å². The lowest BCUT2D eigenvalue weighted by molar-refractivity contribution is -0.133. The van der Waals surface area contributed by atoms with Gasteiger partial charge in [0.2, 0.25) is 5.91 Å². The van der Waals surface area contributed by atoms with E-state index in [0.29, 0.717) is 13.1 Å². The first-order valence-electron chi connectivity index (χ1n) is 7.63. The summed E-state index contributed by atoms with van der Waals surface area (Å²) in [6.45, 7) is 1.52. The molecule has 2 N–H and O–H groups in total. The van der Waals surface area contributed by atoms with Crippen molar-refractivity contribution < 1.29 is 19.1 Å². The van der Waals surface area contributed by atoms with Crippen LogP contribution in [-0.4, -0.2) is 48.1 Å². The lowest BCUT2D eigenvalue weighted by Crippen LogP contribution is -2.42. The van der Waals surface area contributed by atoms with Crippen LogP contribution < -0.4 is 5.32 Å². The molecule has 2 rings (SSSR count). The summed E-state index contributed by atoms with van der Waals surface area (Å²) in [6.07, 6.45) is 2.00. The molecule has 1 aromatic rings. The van der Waals surface area contributed by atoms with Gasteiger partial charge in [0.25, 0.3) is 5.91 Å². The first-order chi connectivity index (χ1) is 11.0. The molecule has 2 amide bonds. The highest BCUT2D eigenvalue weighted by Crippen LogP contribution is 2.18. The van der Waals surface area contributed by atoms with Gasteiger partial charge in [0.05, 0.1) is 10.6 Å². The highest BCUT2D eigenvalue weighted by Gasteiger charge is 2.22. The summed E-state index contributed by atoms with van der Waals surface area (Å²) in [6, 6.07) is 3.55. The van der Waals surface area contributed by atoms with E-state index in [1.165, 1.54) is 6.07 Å². The summed E-state index contributed by atoms with van der Waals surface area (Å²) in [5.74, 6) is -0.853. The van der Waals surface area contributed by atoms with Gasteiger partial charge in [-0.25, -0.2) is 4.39 Å².